The number of rotatable bonds is 5. The molecule has 0 aliphatic rings. The van der Waals surface area contributed by atoms with E-state index in [0.29, 0.717) is 0 Å². The first-order chi connectivity index (χ1) is 8.04. The normalized spacial score (nSPS) is 10.4. The molecule has 1 aromatic rings. The van der Waals surface area contributed by atoms with Crippen LogP contribution in [0, 0.1) is 0 Å². The number of H-pyrrole nitrogens is 1. The van der Waals surface area contributed by atoms with Gasteiger partial charge in [0.05, 0.1) is 6.61 Å². The van der Waals surface area contributed by atoms with Gasteiger partial charge in [0.15, 0.2) is 6.29 Å². The molecule has 0 unspecified atom stereocenters. The van der Waals surface area contributed by atoms with Crippen LogP contribution < -0.4 is 0 Å². The van der Waals surface area contributed by atoms with Gasteiger partial charge >= 0.3 is 11.9 Å². The lowest BCUT2D eigenvalue weighted by Gasteiger charge is -2.04. The fourth-order valence-electron chi connectivity index (χ4n) is 1.07. The van der Waals surface area contributed by atoms with Gasteiger partial charge in [-0.25, -0.2) is 9.59 Å². The molecule has 1 heterocycles. The van der Waals surface area contributed by atoms with E-state index >= 15 is 0 Å². The number of aromatic amines is 1. The molecular formula is C10H13NO6. The Hall–Kier alpha value is -1.86. The molecule has 94 valence electrons. The van der Waals surface area contributed by atoms with Gasteiger partial charge in [-0.2, -0.15) is 0 Å². The van der Waals surface area contributed by atoms with Crippen LogP contribution in [0.25, 0.3) is 0 Å². The number of nitrogens with one attached hydrogen (secondary N) is 1. The first-order valence-corrected chi connectivity index (χ1v) is 4.94. The second kappa shape index (κ2) is 6.02. The largest absolute Gasteiger partial charge is 0.461 e. The summed E-state index contributed by atoms with van der Waals surface area (Å²) in [5, 5.41) is 17.0. The maximum Gasteiger partial charge on any atom is 0.354 e. The van der Waals surface area contributed by atoms with Crippen molar-refractivity contribution in [2.45, 2.75) is 13.2 Å². The number of aliphatic hydroxyl groups excluding tert-OH is 1. The molecule has 0 amide bonds. The van der Waals surface area contributed by atoms with Gasteiger partial charge in [-0.3, -0.25) is 0 Å². The molecule has 0 saturated carbocycles. The van der Waals surface area contributed by atoms with E-state index in [1.54, 1.807) is 6.92 Å². The lowest BCUT2D eigenvalue weighted by Crippen LogP contribution is -2.18. The van der Waals surface area contributed by atoms with Crippen molar-refractivity contribution in [2.24, 2.45) is 0 Å². The highest BCUT2D eigenvalue weighted by Gasteiger charge is 2.15. The van der Waals surface area contributed by atoms with Gasteiger partial charge in [-0.05, 0) is 19.1 Å². The van der Waals surface area contributed by atoms with Gasteiger partial charge in [0.1, 0.15) is 18.0 Å². The molecule has 0 atom stereocenters. The van der Waals surface area contributed by atoms with Crippen LogP contribution in [-0.4, -0.2) is 46.6 Å². The van der Waals surface area contributed by atoms with Crippen LogP contribution in [0.15, 0.2) is 12.1 Å². The van der Waals surface area contributed by atoms with Crippen LogP contribution in [0.2, 0.25) is 0 Å². The van der Waals surface area contributed by atoms with E-state index in [4.69, 9.17) is 14.9 Å². The molecule has 0 bridgehead atoms. The molecule has 3 N–H and O–H groups in total. The minimum absolute atomic E-state index is 0.0358. The summed E-state index contributed by atoms with van der Waals surface area (Å²) in [5.41, 5.74) is 0.164. The molecule has 0 aliphatic carbocycles. The number of esters is 2. The third kappa shape index (κ3) is 3.89. The van der Waals surface area contributed by atoms with Crippen molar-refractivity contribution in [3.8, 4) is 0 Å². The Morgan fingerprint density at radius 2 is 1.76 bits per heavy atom. The van der Waals surface area contributed by atoms with Crippen LogP contribution in [0.3, 0.4) is 0 Å². The van der Waals surface area contributed by atoms with Crippen LogP contribution in [0.1, 0.15) is 27.9 Å². The molecule has 0 saturated heterocycles. The summed E-state index contributed by atoms with van der Waals surface area (Å²) in [4.78, 5) is 25.1. The zero-order valence-electron chi connectivity index (χ0n) is 9.17. The number of hydrogen-bond acceptors (Lipinski definition) is 6. The highest BCUT2D eigenvalue weighted by molar-refractivity contribution is 5.92. The summed E-state index contributed by atoms with van der Waals surface area (Å²) >= 11 is 0. The van der Waals surface area contributed by atoms with Gasteiger partial charge in [0, 0.05) is 0 Å². The molecule has 7 nitrogen and oxygen atoms in total. The second-order valence-corrected chi connectivity index (χ2v) is 3.09. The van der Waals surface area contributed by atoms with Crippen LogP contribution in [0.5, 0.6) is 0 Å². The van der Waals surface area contributed by atoms with Gasteiger partial charge in [0.2, 0.25) is 0 Å². The Labute approximate surface area is 97.0 Å². The Morgan fingerprint density at radius 3 is 2.24 bits per heavy atom. The molecule has 17 heavy (non-hydrogen) atoms. The number of carbonyl (C=O) groups is 2. The molecule has 1 rings (SSSR count). The predicted octanol–water partition coefficient (Wildman–Crippen LogP) is -0.341. The van der Waals surface area contributed by atoms with Crippen molar-refractivity contribution in [3.05, 3.63) is 23.5 Å². The molecule has 0 spiro atoms. The standard InChI is InChI=1S/C10H13NO6/c1-2-16-9(14)6-3-4-7(11-6)10(15)17-5-8(12)13/h3-4,8,11-13H,2,5H2,1H3. The molecule has 0 radical (unpaired) electrons. The van der Waals surface area contributed by atoms with Gasteiger partial charge in [-0.1, -0.05) is 0 Å². The minimum atomic E-state index is -1.72. The highest BCUT2D eigenvalue weighted by atomic mass is 16.6. The molecule has 0 aromatic carbocycles. The summed E-state index contributed by atoms with van der Waals surface area (Å²) in [7, 11) is 0. The van der Waals surface area contributed by atoms with E-state index in [2.05, 4.69) is 9.72 Å². The van der Waals surface area contributed by atoms with E-state index in [1.807, 2.05) is 0 Å². The lowest BCUT2D eigenvalue weighted by molar-refractivity contribution is -0.0813. The van der Waals surface area contributed by atoms with Gasteiger partial charge < -0.3 is 24.7 Å². The number of aliphatic hydroxyl groups is 2. The monoisotopic (exact) mass is 243 g/mol. The summed E-state index contributed by atoms with van der Waals surface area (Å²) in [6.45, 7) is 1.36. The van der Waals surface area contributed by atoms with E-state index in [-0.39, 0.29) is 18.0 Å². The fourth-order valence-corrected chi connectivity index (χ4v) is 1.07. The smallest absolute Gasteiger partial charge is 0.354 e. The van der Waals surface area contributed by atoms with Crippen molar-refractivity contribution in [1.82, 2.24) is 4.98 Å². The van der Waals surface area contributed by atoms with Crippen LogP contribution >= 0.6 is 0 Å². The lowest BCUT2D eigenvalue weighted by atomic mass is 10.4. The van der Waals surface area contributed by atoms with Crippen molar-refractivity contribution < 1.29 is 29.3 Å². The summed E-state index contributed by atoms with van der Waals surface area (Å²) in [5.74, 6) is -1.36. The van der Waals surface area contributed by atoms with E-state index in [0.717, 1.165) is 0 Å². The third-order valence-electron chi connectivity index (χ3n) is 1.76. The average molecular weight is 243 g/mol. The van der Waals surface area contributed by atoms with E-state index < -0.39 is 24.8 Å². The molecule has 7 heteroatoms. The number of aromatic nitrogens is 1. The number of ether oxygens (including phenoxy) is 2. The van der Waals surface area contributed by atoms with Crippen molar-refractivity contribution in [2.75, 3.05) is 13.2 Å². The van der Waals surface area contributed by atoms with Crippen molar-refractivity contribution >= 4 is 11.9 Å². The minimum Gasteiger partial charge on any atom is -0.461 e. The Bertz CT molecular complexity index is 397. The maximum absolute atomic E-state index is 11.3. The van der Waals surface area contributed by atoms with Crippen molar-refractivity contribution in [3.63, 3.8) is 0 Å². The SMILES string of the molecule is CCOC(=O)c1ccc(C(=O)OCC(O)O)[nH]1. The summed E-state index contributed by atoms with van der Waals surface area (Å²) < 4.78 is 9.24. The first kappa shape index (κ1) is 13.2. The second-order valence-electron chi connectivity index (χ2n) is 3.09. The Kier molecular flexibility index (Phi) is 4.68. The van der Waals surface area contributed by atoms with Gasteiger partial charge in [-0.15, -0.1) is 0 Å². The molecule has 1 aromatic heterocycles. The quantitative estimate of drug-likeness (QED) is 0.482. The van der Waals surface area contributed by atoms with E-state index in [9.17, 15) is 9.59 Å². The number of carbonyl (C=O) groups excluding carboxylic acids is 2. The number of hydrogen-bond donors (Lipinski definition) is 3. The fraction of sp³-hybridized carbons (Fsp3) is 0.400. The van der Waals surface area contributed by atoms with Crippen LogP contribution in [0.4, 0.5) is 0 Å². The predicted molar refractivity (Wildman–Crippen MR) is 55.3 cm³/mol. The van der Waals surface area contributed by atoms with E-state index in [1.165, 1.54) is 12.1 Å². The van der Waals surface area contributed by atoms with Crippen LogP contribution in [-0.2, 0) is 9.47 Å². The Balaban J connectivity index is 2.61. The molecule has 0 aliphatic heterocycles. The Morgan fingerprint density at radius 1 is 1.24 bits per heavy atom. The maximum atomic E-state index is 11.3. The third-order valence-corrected chi connectivity index (χ3v) is 1.76. The highest BCUT2D eigenvalue weighted by Crippen LogP contribution is 2.05. The molecule has 0 fully saturated rings. The van der Waals surface area contributed by atoms with Gasteiger partial charge in [0.25, 0.3) is 0 Å². The zero-order chi connectivity index (χ0) is 12.8. The molecular weight excluding hydrogens is 230 g/mol. The average Bonchev–Trinajstić information content (AvgIpc) is 2.75. The topological polar surface area (TPSA) is 109 Å². The summed E-state index contributed by atoms with van der Waals surface area (Å²) in [6.07, 6.45) is -1.72. The zero-order valence-corrected chi connectivity index (χ0v) is 9.17. The first-order valence-electron chi connectivity index (χ1n) is 4.94. The summed E-state index contributed by atoms with van der Waals surface area (Å²) in [6, 6.07) is 2.72. The van der Waals surface area contributed by atoms with Crippen molar-refractivity contribution in [1.29, 1.82) is 0 Å².